The first-order valence-corrected chi connectivity index (χ1v) is 7.92. The third-order valence-electron chi connectivity index (χ3n) is 3.17. The molecule has 0 unspecified atom stereocenters. The summed E-state index contributed by atoms with van der Waals surface area (Å²) in [6.45, 7) is 6.17. The van der Waals surface area contributed by atoms with Gasteiger partial charge in [-0.2, -0.15) is 0 Å². The van der Waals surface area contributed by atoms with Crippen molar-refractivity contribution in [2.75, 3.05) is 5.32 Å². The van der Waals surface area contributed by atoms with Crippen LogP contribution in [0.15, 0.2) is 53.7 Å². The van der Waals surface area contributed by atoms with E-state index in [0.717, 1.165) is 16.1 Å². The van der Waals surface area contributed by atoms with Gasteiger partial charge in [-0.1, -0.05) is 32.0 Å². The quantitative estimate of drug-likeness (QED) is 0.836. The summed E-state index contributed by atoms with van der Waals surface area (Å²) in [7, 11) is 0. The lowest BCUT2D eigenvalue weighted by molar-refractivity contribution is -0.115. The molecule has 0 saturated heterocycles. The van der Waals surface area contributed by atoms with E-state index in [2.05, 4.69) is 30.2 Å². The average Bonchev–Trinajstić information content (AvgIpc) is 2.48. The van der Waals surface area contributed by atoms with Crippen LogP contribution in [0.2, 0.25) is 0 Å². The molecule has 1 aromatic carbocycles. The highest BCUT2D eigenvalue weighted by Gasteiger charge is 2.16. The fraction of sp³-hybridized carbons (Fsp3) is 0.294. The molecule has 0 spiro atoms. The predicted octanol–water partition coefficient (Wildman–Crippen LogP) is 4.32. The molecule has 3 nitrogen and oxygen atoms in total. The van der Waals surface area contributed by atoms with E-state index < -0.39 is 0 Å². The molecule has 4 heteroatoms. The Kier molecular flexibility index (Phi) is 5.39. The molecule has 1 atom stereocenters. The number of aromatic nitrogens is 1. The number of rotatable bonds is 5. The Balaban J connectivity index is 2.04. The number of nitrogens with one attached hydrogen (secondary N) is 1. The van der Waals surface area contributed by atoms with E-state index in [1.807, 2.05) is 37.3 Å². The van der Waals surface area contributed by atoms with Crippen molar-refractivity contribution in [2.24, 2.45) is 0 Å². The molecule has 1 amide bonds. The van der Waals surface area contributed by atoms with Crippen LogP contribution in [0.1, 0.15) is 32.3 Å². The summed E-state index contributed by atoms with van der Waals surface area (Å²) >= 11 is 1.53. The second-order valence-electron chi connectivity index (χ2n) is 5.17. The van der Waals surface area contributed by atoms with E-state index in [1.165, 1.54) is 11.8 Å². The van der Waals surface area contributed by atoms with Crippen LogP contribution >= 0.6 is 11.8 Å². The molecule has 1 aromatic heterocycles. The van der Waals surface area contributed by atoms with Crippen molar-refractivity contribution in [1.29, 1.82) is 0 Å². The Labute approximate surface area is 130 Å². The standard InChI is InChI=1S/C17H20N2OS/c1-12(2)15-6-4-5-7-16(15)19-17(20)13(3)21-14-8-10-18-11-9-14/h4-13H,1-3H3,(H,19,20)/t13-/m1/s1. The monoisotopic (exact) mass is 300 g/mol. The zero-order valence-corrected chi connectivity index (χ0v) is 13.4. The van der Waals surface area contributed by atoms with Crippen molar-refractivity contribution in [2.45, 2.75) is 36.8 Å². The normalized spacial score (nSPS) is 12.2. The molecule has 0 aliphatic heterocycles. The zero-order chi connectivity index (χ0) is 15.2. The Hall–Kier alpha value is -1.81. The van der Waals surface area contributed by atoms with Crippen LogP contribution in [0, 0.1) is 0 Å². The molecule has 110 valence electrons. The molecule has 2 rings (SSSR count). The Morgan fingerprint density at radius 1 is 1.10 bits per heavy atom. The van der Waals surface area contributed by atoms with Crippen LogP contribution in [0.5, 0.6) is 0 Å². The molecule has 21 heavy (non-hydrogen) atoms. The lowest BCUT2D eigenvalue weighted by Crippen LogP contribution is -2.23. The fourth-order valence-electron chi connectivity index (χ4n) is 2.02. The van der Waals surface area contributed by atoms with E-state index >= 15 is 0 Å². The number of hydrogen-bond donors (Lipinski definition) is 1. The van der Waals surface area contributed by atoms with Gasteiger partial charge in [-0.05, 0) is 36.6 Å². The number of pyridine rings is 1. The highest BCUT2D eigenvalue weighted by Crippen LogP contribution is 2.26. The van der Waals surface area contributed by atoms with Crippen LogP contribution in [0.25, 0.3) is 0 Å². The number of benzene rings is 1. The van der Waals surface area contributed by atoms with Gasteiger partial charge in [-0.3, -0.25) is 9.78 Å². The number of para-hydroxylation sites is 1. The maximum absolute atomic E-state index is 12.3. The number of anilines is 1. The molecule has 0 saturated carbocycles. The van der Waals surface area contributed by atoms with Crippen molar-refractivity contribution in [3.05, 3.63) is 54.4 Å². The number of hydrogen-bond acceptors (Lipinski definition) is 3. The van der Waals surface area contributed by atoms with Gasteiger partial charge in [-0.25, -0.2) is 0 Å². The van der Waals surface area contributed by atoms with E-state index in [0.29, 0.717) is 5.92 Å². The smallest absolute Gasteiger partial charge is 0.237 e. The average molecular weight is 300 g/mol. The topological polar surface area (TPSA) is 42.0 Å². The number of carbonyl (C=O) groups is 1. The van der Waals surface area contributed by atoms with Crippen molar-refractivity contribution in [1.82, 2.24) is 4.98 Å². The largest absolute Gasteiger partial charge is 0.325 e. The highest BCUT2D eigenvalue weighted by molar-refractivity contribution is 8.00. The van der Waals surface area contributed by atoms with Gasteiger partial charge in [0.15, 0.2) is 0 Å². The molecule has 1 heterocycles. The molecule has 0 radical (unpaired) electrons. The van der Waals surface area contributed by atoms with E-state index in [-0.39, 0.29) is 11.2 Å². The Morgan fingerprint density at radius 3 is 2.43 bits per heavy atom. The summed E-state index contributed by atoms with van der Waals surface area (Å²) in [5.74, 6) is 0.398. The van der Waals surface area contributed by atoms with Crippen LogP contribution < -0.4 is 5.32 Å². The predicted molar refractivity (Wildman–Crippen MR) is 88.7 cm³/mol. The summed E-state index contributed by atoms with van der Waals surface area (Å²) in [6.07, 6.45) is 3.47. The van der Waals surface area contributed by atoms with Crippen LogP contribution in [0.3, 0.4) is 0 Å². The second-order valence-corrected chi connectivity index (χ2v) is 6.59. The van der Waals surface area contributed by atoms with Crippen molar-refractivity contribution < 1.29 is 4.79 Å². The maximum Gasteiger partial charge on any atom is 0.237 e. The maximum atomic E-state index is 12.3. The number of carbonyl (C=O) groups excluding carboxylic acids is 1. The minimum absolute atomic E-state index is 0.0184. The number of amides is 1. The zero-order valence-electron chi connectivity index (χ0n) is 12.5. The first-order valence-electron chi connectivity index (χ1n) is 7.04. The molecule has 0 fully saturated rings. The van der Waals surface area contributed by atoms with Gasteiger partial charge in [0.2, 0.25) is 5.91 Å². The van der Waals surface area contributed by atoms with E-state index in [1.54, 1.807) is 12.4 Å². The molecule has 0 bridgehead atoms. The van der Waals surface area contributed by atoms with E-state index in [4.69, 9.17) is 0 Å². The first kappa shape index (κ1) is 15.6. The van der Waals surface area contributed by atoms with Gasteiger partial charge in [0.1, 0.15) is 0 Å². The highest BCUT2D eigenvalue weighted by atomic mass is 32.2. The number of nitrogens with zero attached hydrogens (tertiary/aromatic N) is 1. The third-order valence-corrected chi connectivity index (χ3v) is 4.28. The Morgan fingerprint density at radius 2 is 1.76 bits per heavy atom. The van der Waals surface area contributed by atoms with Crippen LogP contribution in [-0.2, 0) is 4.79 Å². The lowest BCUT2D eigenvalue weighted by Gasteiger charge is -2.16. The lowest BCUT2D eigenvalue weighted by atomic mass is 10.0. The minimum Gasteiger partial charge on any atom is -0.325 e. The van der Waals surface area contributed by atoms with Gasteiger partial charge in [-0.15, -0.1) is 11.8 Å². The SMILES string of the molecule is CC(C)c1ccccc1NC(=O)[C@@H](C)Sc1ccncc1. The summed E-state index contributed by atoms with van der Waals surface area (Å²) in [5.41, 5.74) is 2.06. The molecule has 1 N–H and O–H groups in total. The van der Waals surface area contributed by atoms with E-state index in [9.17, 15) is 4.79 Å². The second kappa shape index (κ2) is 7.27. The summed E-state index contributed by atoms with van der Waals surface area (Å²) in [6, 6.07) is 11.8. The van der Waals surface area contributed by atoms with Crippen LogP contribution in [0.4, 0.5) is 5.69 Å². The van der Waals surface area contributed by atoms with Gasteiger partial charge in [0, 0.05) is 23.0 Å². The van der Waals surface area contributed by atoms with Crippen molar-refractivity contribution in [3.8, 4) is 0 Å². The van der Waals surface area contributed by atoms with Gasteiger partial charge < -0.3 is 5.32 Å². The van der Waals surface area contributed by atoms with Gasteiger partial charge >= 0.3 is 0 Å². The molecule has 0 aliphatic carbocycles. The third kappa shape index (κ3) is 4.33. The van der Waals surface area contributed by atoms with Gasteiger partial charge in [0.05, 0.1) is 5.25 Å². The van der Waals surface area contributed by atoms with Crippen LogP contribution in [-0.4, -0.2) is 16.1 Å². The number of thioether (sulfide) groups is 1. The Bertz CT molecular complexity index is 599. The van der Waals surface area contributed by atoms with Crippen molar-refractivity contribution in [3.63, 3.8) is 0 Å². The minimum atomic E-state index is -0.160. The molecular weight excluding hydrogens is 280 g/mol. The molecule has 2 aromatic rings. The summed E-state index contributed by atoms with van der Waals surface area (Å²) < 4.78 is 0. The molecular formula is C17H20N2OS. The fourth-order valence-corrected chi connectivity index (χ4v) is 2.88. The summed E-state index contributed by atoms with van der Waals surface area (Å²) in [4.78, 5) is 17.4. The van der Waals surface area contributed by atoms with Crippen molar-refractivity contribution >= 4 is 23.4 Å². The molecule has 0 aliphatic rings. The first-order chi connectivity index (χ1) is 10.1. The van der Waals surface area contributed by atoms with Gasteiger partial charge in [0.25, 0.3) is 0 Å². The summed E-state index contributed by atoms with van der Waals surface area (Å²) in [5, 5.41) is 2.88.